The number of hydrogen-bond donors (Lipinski definition) is 1. The molecular weight excluding hydrogens is 406 g/mol. The molecule has 1 aliphatic carbocycles. The minimum Gasteiger partial charge on any atom is -0.481 e. The van der Waals surface area contributed by atoms with Crippen LogP contribution in [0.15, 0.2) is 53.6 Å². The van der Waals surface area contributed by atoms with Gasteiger partial charge < -0.3 is 9.84 Å². The number of fused-ring (bicyclic) bond motifs is 2. The van der Waals surface area contributed by atoms with E-state index < -0.39 is 5.97 Å². The third-order valence-corrected chi connectivity index (χ3v) is 7.63. The summed E-state index contributed by atoms with van der Waals surface area (Å²) in [7, 11) is 0. The zero-order valence-corrected chi connectivity index (χ0v) is 18.5. The molecule has 158 valence electrons. The van der Waals surface area contributed by atoms with Crippen LogP contribution in [0.3, 0.4) is 0 Å². The van der Waals surface area contributed by atoms with Gasteiger partial charge in [-0.2, -0.15) is 0 Å². The van der Waals surface area contributed by atoms with Crippen molar-refractivity contribution in [3.8, 4) is 17.0 Å². The van der Waals surface area contributed by atoms with Gasteiger partial charge in [0.1, 0.15) is 6.10 Å². The molecule has 4 nitrogen and oxygen atoms in total. The molecule has 1 N–H and O–H groups in total. The predicted octanol–water partition coefficient (Wildman–Crippen LogP) is 6.10. The highest BCUT2D eigenvalue weighted by molar-refractivity contribution is 7.99. The fourth-order valence-electron chi connectivity index (χ4n) is 4.94. The van der Waals surface area contributed by atoms with Gasteiger partial charge in [-0.1, -0.05) is 36.4 Å². The van der Waals surface area contributed by atoms with Gasteiger partial charge in [-0.15, -0.1) is 11.8 Å². The maximum Gasteiger partial charge on any atom is 0.303 e. The molecule has 2 aliphatic rings. The number of nitrogens with zero attached hydrogens (tertiary/aromatic N) is 1. The maximum atomic E-state index is 11.1. The monoisotopic (exact) mass is 431 g/mol. The number of aryl methyl sites for hydroxylation is 2. The summed E-state index contributed by atoms with van der Waals surface area (Å²) in [5.74, 6) is 0.683. The summed E-state index contributed by atoms with van der Waals surface area (Å²) in [4.78, 5) is 16.7. The summed E-state index contributed by atoms with van der Waals surface area (Å²) >= 11 is 1.70. The molecule has 0 saturated heterocycles. The fourth-order valence-corrected chi connectivity index (χ4v) is 6.19. The number of ether oxygens (including phenoxy) is 1. The highest BCUT2D eigenvalue weighted by Crippen LogP contribution is 2.44. The summed E-state index contributed by atoms with van der Waals surface area (Å²) in [6.45, 7) is 4.35. The van der Waals surface area contributed by atoms with Crippen molar-refractivity contribution in [1.29, 1.82) is 0 Å². The van der Waals surface area contributed by atoms with Gasteiger partial charge in [0.2, 0.25) is 5.88 Å². The second-order valence-electron chi connectivity index (χ2n) is 8.45. The molecule has 31 heavy (non-hydrogen) atoms. The van der Waals surface area contributed by atoms with E-state index in [9.17, 15) is 4.79 Å². The van der Waals surface area contributed by atoms with E-state index in [0.717, 1.165) is 29.1 Å². The Morgan fingerprint density at radius 3 is 2.71 bits per heavy atom. The Labute approximate surface area is 186 Å². The number of aliphatic carboxylic acids is 1. The first-order valence-electron chi connectivity index (χ1n) is 10.7. The largest absolute Gasteiger partial charge is 0.481 e. The van der Waals surface area contributed by atoms with Crippen molar-refractivity contribution >= 4 is 17.7 Å². The van der Waals surface area contributed by atoms with Crippen LogP contribution < -0.4 is 4.74 Å². The van der Waals surface area contributed by atoms with Gasteiger partial charge in [-0.05, 0) is 65.6 Å². The van der Waals surface area contributed by atoms with Crippen LogP contribution in [-0.2, 0) is 11.2 Å². The van der Waals surface area contributed by atoms with E-state index >= 15 is 0 Å². The summed E-state index contributed by atoms with van der Waals surface area (Å²) < 4.78 is 6.35. The maximum absolute atomic E-state index is 11.1. The van der Waals surface area contributed by atoms with E-state index in [-0.39, 0.29) is 18.4 Å². The number of carbonyl (C=O) groups is 1. The highest BCUT2D eigenvalue weighted by Gasteiger charge is 2.29. The first kappa shape index (κ1) is 20.1. The summed E-state index contributed by atoms with van der Waals surface area (Å²) in [5.41, 5.74) is 8.89. The zero-order chi connectivity index (χ0) is 21.5. The molecular formula is C26H25NO3S. The van der Waals surface area contributed by atoms with Crippen molar-refractivity contribution in [2.75, 3.05) is 5.75 Å². The second-order valence-corrected chi connectivity index (χ2v) is 9.51. The van der Waals surface area contributed by atoms with Crippen LogP contribution in [0.5, 0.6) is 5.88 Å². The van der Waals surface area contributed by atoms with Crippen LogP contribution in [0.1, 0.15) is 52.7 Å². The summed E-state index contributed by atoms with van der Waals surface area (Å²) in [6.07, 6.45) is 3.88. The van der Waals surface area contributed by atoms with Crippen molar-refractivity contribution in [2.24, 2.45) is 0 Å². The van der Waals surface area contributed by atoms with Crippen molar-refractivity contribution in [3.05, 3.63) is 76.5 Å². The molecule has 2 aromatic carbocycles. The van der Waals surface area contributed by atoms with Crippen LogP contribution in [0.25, 0.3) is 11.1 Å². The van der Waals surface area contributed by atoms with Crippen molar-refractivity contribution in [1.82, 2.24) is 4.98 Å². The molecule has 1 unspecified atom stereocenters. The van der Waals surface area contributed by atoms with Gasteiger partial charge in [-0.25, -0.2) is 4.98 Å². The summed E-state index contributed by atoms with van der Waals surface area (Å²) in [6, 6.07) is 15.0. The Bertz CT molecular complexity index is 1150. The van der Waals surface area contributed by atoms with E-state index in [1.54, 1.807) is 18.0 Å². The lowest BCUT2D eigenvalue weighted by Gasteiger charge is -2.17. The number of carboxylic acids is 1. The molecule has 0 amide bonds. The first-order valence-corrected chi connectivity index (χ1v) is 11.7. The Kier molecular flexibility index (Phi) is 5.22. The van der Waals surface area contributed by atoms with E-state index in [2.05, 4.69) is 55.2 Å². The van der Waals surface area contributed by atoms with Crippen LogP contribution in [0.4, 0.5) is 0 Å². The molecule has 0 spiro atoms. The van der Waals surface area contributed by atoms with Gasteiger partial charge >= 0.3 is 5.97 Å². The number of thioether (sulfide) groups is 1. The number of hydrogen-bond acceptors (Lipinski definition) is 4. The Hall–Kier alpha value is -2.79. The van der Waals surface area contributed by atoms with Gasteiger partial charge in [0.05, 0.1) is 6.42 Å². The molecule has 0 bridgehead atoms. The standard InChI is InChI=1S/C26H25NO3S/c1-15-5-3-6-16(2)26(15)20-8-4-7-19-18(20)9-10-22(19)30-24-12-23-21(13-27-24)17(14-31-23)11-25(28)29/h3-8,12-13,17,22H,9-11,14H2,1-2H3,(H,28,29)/t17-,22?/m1/s1. The van der Waals surface area contributed by atoms with E-state index in [1.807, 2.05) is 6.07 Å². The van der Waals surface area contributed by atoms with Crippen LogP contribution >= 0.6 is 11.8 Å². The van der Waals surface area contributed by atoms with Crippen molar-refractivity contribution in [3.63, 3.8) is 0 Å². The number of pyridine rings is 1. The normalized spacial score (nSPS) is 19.2. The Morgan fingerprint density at radius 1 is 1.16 bits per heavy atom. The molecule has 2 heterocycles. The van der Waals surface area contributed by atoms with Gasteiger partial charge in [0.25, 0.3) is 0 Å². The minimum absolute atomic E-state index is 0.00829. The molecule has 3 aromatic rings. The molecule has 0 radical (unpaired) electrons. The third-order valence-electron chi connectivity index (χ3n) is 6.40. The topological polar surface area (TPSA) is 59.4 Å². The molecule has 1 aliphatic heterocycles. The average Bonchev–Trinajstić information content (AvgIpc) is 3.32. The number of aromatic nitrogens is 1. The van der Waals surface area contributed by atoms with E-state index in [0.29, 0.717) is 5.88 Å². The Balaban J connectivity index is 1.42. The molecule has 0 saturated carbocycles. The minimum atomic E-state index is -0.763. The molecule has 2 atom stereocenters. The van der Waals surface area contributed by atoms with E-state index in [4.69, 9.17) is 9.84 Å². The fraction of sp³-hybridized carbons (Fsp3) is 0.308. The van der Waals surface area contributed by atoms with E-state index in [1.165, 1.54) is 33.4 Å². The lowest BCUT2D eigenvalue weighted by molar-refractivity contribution is -0.137. The lowest BCUT2D eigenvalue weighted by atomic mass is 9.91. The highest BCUT2D eigenvalue weighted by atomic mass is 32.2. The molecule has 5 rings (SSSR count). The molecule has 1 aromatic heterocycles. The number of carboxylic acid groups (broad SMARTS) is 1. The van der Waals surface area contributed by atoms with Crippen LogP contribution in [-0.4, -0.2) is 21.8 Å². The summed E-state index contributed by atoms with van der Waals surface area (Å²) in [5, 5.41) is 9.12. The predicted molar refractivity (Wildman–Crippen MR) is 123 cm³/mol. The van der Waals surface area contributed by atoms with Crippen LogP contribution in [0, 0.1) is 13.8 Å². The van der Waals surface area contributed by atoms with Crippen molar-refractivity contribution < 1.29 is 14.6 Å². The SMILES string of the molecule is Cc1cccc(C)c1-c1cccc2c1CCC2Oc1cc2c(cn1)[C@H](CC(=O)O)CS2. The quantitative estimate of drug-likeness (QED) is 0.529. The average molecular weight is 432 g/mol. The lowest BCUT2D eigenvalue weighted by Crippen LogP contribution is -2.07. The number of rotatable bonds is 5. The van der Waals surface area contributed by atoms with Gasteiger partial charge in [-0.3, -0.25) is 4.79 Å². The van der Waals surface area contributed by atoms with Gasteiger partial charge in [0, 0.05) is 28.8 Å². The third kappa shape index (κ3) is 3.72. The smallest absolute Gasteiger partial charge is 0.303 e. The van der Waals surface area contributed by atoms with Crippen molar-refractivity contribution in [2.45, 2.75) is 50.0 Å². The zero-order valence-electron chi connectivity index (χ0n) is 17.7. The Morgan fingerprint density at radius 2 is 1.94 bits per heavy atom. The second kappa shape index (κ2) is 8.04. The first-order chi connectivity index (χ1) is 15.0. The molecule has 0 fully saturated rings. The number of benzene rings is 2. The van der Waals surface area contributed by atoms with Gasteiger partial charge in [0.15, 0.2) is 0 Å². The van der Waals surface area contributed by atoms with Crippen LogP contribution in [0.2, 0.25) is 0 Å². The molecule has 5 heteroatoms.